The lowest BCUT2D eigenvalue weighted by Gasteiger charge is -2.02. The van der Waals surface area contributed by atoms with Gasteiger partial charge in [-0.2, -0.15) is 0 Å². The number of methoxy groups -OCH3 is 1. The summed E-state index contributed by atoms with van der Waals surface area (Å²) in [7, 11) is 1.60. The molecule has 5 nitrogen and oxygen atoms in total. The summed E-state index contributed by atoms with van der Waals surface area (Å²) in [5.41, 5.74) is 3.54. The van der Waals surface area contributed by atoms with Crippen LogP contribution in [-0.2, 0) is 0 Å². The highest BCUT2D eigenvalue weighted by Gasteiger charge is 2.12. The zero-order valence-corrected chi connectivity index (χ0v) is 12.8. The molecule has 0 aliphatic rings. The normalized spacial score (nSPS) is 10.9. The monoisotopic (exact) mass is 320 g/mol. The van der Waals surface area contributed by atoms with Gasteiger partial charge in [0.2, 0.25) is 0 Å². The highest BCUT2D eigenvalue weighted by atomic mass is 19.1. The van der Waals surface area contributed by atoms with Gasteiger partial charge in [-0.3, -0.25) is 4.98 Å². The van der Waals surface area contributed by atoms with Crippen LogP contribution < -0.4 is 4.74 Å². The molecule has 0 unspecified atom stereocenters. The summed E-state index contributed by atoms with van der Waals surface area (Å²) in [6, 6.07) is 11.8. The fourth-order valence-corrected chi connectivity index (χ4v) is 2.60. The van der Waals surface area contributed by atoms with Crippen LogP contribution in [0.4, 0.5) is 4.39 Å². The van der Waals surface area contributed by atoms with E-state index < -0.39 is 0 Å². The first-order chi connectivity index (χ1) is 11.7. The van der Waals surface area contributed by atoms with Crippen LogP contribution in [0.15, 0.2) is 54.9 Å². The SMILES string of the molecule is COc1ccnc(-c2nc3nccc(-c4cccc(F)c4)c3[nH]2)c1. The molecule has 3 heterocycles. The van der Waals surface area contributed by atoms with Crippen LogP contribution >= 0.6 is 0 Å². The first kappa shape index (κ1) is 14.3. The average Bonchev–Trinajstić information content (AvgIpc) is 3.06. The van der Waals surface area contributed by atoms with E-state index in [1.807, 2.05) is 12.1 Å². The number of ether oxygens (including phenoxy) is 1. The minimum Gasteiger partial charge on any atom is -0.497 e. The van der Waals surface area contributed by atoms with E-state index in [1.165, 1.54) is 12.1 Å². The molecule has 0 amide bonds. The third-order valence-corrected chi connectivity index (χ3v) is 3.74. The van der Waals surface area contributed by atoms with Crippen molar-refractivity contribution in [1.82, 2.24) is 19.9 Å². The maximum atomic E-state index is 13.5. The number of aromatic nitrogens is 4. The predicted octanol–water partition coefficient (Wildman–Crippen LogP) is 3.83. The van der Waals surface area contributed by atoms with Gasteiger partial charge < -0.3 is 9.72 Å². The molecule has 0 spiro atoms. The third-order valence-electron chi connectivity index (χ3n) is 3.74. The molecule has 0 radical (unpaired) electrons. The number of imidazole rings is 1. The van der Waals surface area contributed by atoms with Gasteiger partial charge in [0, 0.05) is 24.0 Å². The summed E-state index contributed by atoms with van der Waals surface area (Å²) in [5.74, 6) is 0.991. The molecule has 1 N–H and O–H groups in total. The molecule has 1 aromatic carbocycles. The molecule has 4 rings (SSSR count). The van der Waals surface area contributed by atoms with E-state index in [2.05, 4.69) is 19.9 Å². The standard InChI is InChI=1S/C18H13FN4O/c1-24-13-5-7-20-15(10-13)17-22-16-14(6-8-21-18(16)23-17)11-3-2-4-12(19)9-11/h2-10H,1H3,(H,21,22,23). The van der Waals surface area contributed by atoms with Gasteiger partial charge >= 0.3 is 0 Å². The zero-order valence-electron chi connectivity index (χ0n) is 12.8. The number of nitrogens with one attached hydrogen (secondary N) is 1. The average molecular weight is 320 g/mol. The summed E-state index contributed by atoms with van der Waals surface area (Å²) < 4.78 is 18.8. The Morgan fingerprint density at radius 3 is 2.75 bits per heavy atom. The molecular formula is C18H13FN4O. The number of hydrogen-bond donors (Lipinski definition) is 1. The van der Waals surface area contributed by atoms with Gasteiger partial charge in [-0.25, -0.2) is 14.4 Å². The molecule has 0 fully saturated rings. The predicted molar refractivity (Wildman–Crippen MR) is 89.1 cm³/mol. The Bertz CT molecular complexity index is 1030. The van der Waals surface area contributed by atoms with Gasteiger partial charge in [0.1, 0.15) is 17.3 Å². The summed E-state index contributed by atoms with van der Waals surface area (Å²) in [6.45, 7) is 0. The quantitative estimate of drug-likeness (QED) is 0.623. The van der Waals surface area contributed by atoms with Gasteiger partial charge in [0.25, 0.3) is 0 Å². The Labute approximate surface area is 137 Å². The van der Waals surface area contributed by atoms with Crippen LogP contribution in [0, 0.1) is 5.82 Å². The number of halogens is 1. The second-order valence-corrected chi connectivity index (χ2v) is 5.23. The fourth-order valence-electron chi connectivity index (χ4n) is 2.60. The molecule has 0 saturated heterocycles. The minimum absolute atomic E-state index is 0.285. The Morgan fingerprint density at radius 2 is 1.92 bits per heavy atom. The van der Waals surface area contributed by atoms with Gasteiger partial charge in [-0.15, -0.1) is 0 Å². The van der Waals surface area contributed by atoms with Crippen molar-refractivity contribution in [2.75, 3.05) is 7.11 Å². The summed E-state index contributed by atoms with van der Waals surface area (Å²) in [4.78, 5) is 16.3. The molecule has 4 aromatic rings. The summed E-state index contributed by atoms with van der Waals surface area (Å²) in [6.07, 6.45) is 3.31. The number of H-pyrrole nitrogens is 1. The van der Waals surface area contributed by atoms with Gasteiger partial charge in [-0.05, 0) is 29.8 Å². The number of aromatic amines is 1. The van der Waals surface area contributed by atoms with Crippen molar-refractivity contribution in [2.45, 2.75) is 0 Å². The first-order valence-electron chi connectivity index (χ1n) is 7.35. The van der Waals surface area contributed by atoms with Crippen LogP contribution in [0.5, 0.6) is 5.75 Å². The second kappa shape index (κ2) is 5.73. The third kappa shape index (κ3) is 2.48. The highest BCUT2D eigenvalue weighted by Crippen LogP contribution is 2.29. The Hall–Kier alpha value is -3.28. The van der Waals surface area contributed by atoms with E-state index in [0.717, 1.165) is 16.6 Å². The molecule has 0 bridgehead atoms. The molecule has 118 valence electrons. The van der Waals surface area contributed by atoms with E-state index in [4.69, 9.17) is 4.74 Å². The van der Waals surface area contributed by atoms with Gasteiger partial charge in [0.15, 0.2) is 11.5 Å². The van der Waals surface area contributed by atoms with Gasteiger partial charge in [0.05, 0.1) is 12.6 Å². The lowest BCUT2D eigenvalue weighted by atomic mass is 10.1. The molecule has 3 aromatic heterocycles. The van der Waals surface area contributed by atoms with Crippen molar-refractivity contribution in [1.29, 1.82) is 0 Å². The van der Waals surface area contributed by atoms with Crippen molar-refractivity contribution in [3.8, 4) is 28.4 Å². The van der Waals surface area contributed by atoms with Crippen molar-refractivity contribution >= 4 is 11.2 Å². The molecule has 0 saturated carbocycles. The largest absolute Gasteiger partial charge is 0.497 e. The zero-order chi connectivity index (χ0) is 16.5. The van der Waals surface area contributed by atoms with Crippen LogP contribution in [0.25, 0.3) is 33.8 Å². The van der Waals surface area contributed by atoms with Crippen molar-refractivity contribution < 1.29 is 9.13 Å². The van der Waals surface area contributed by atoms with Crippen LogP contribution in [0.2, 0.25) is 0 Å². The minimum atomic E-state index is -0.285. The fraction of sp³-hybridized carbons (Fsp3) is 0.0556. The Kier molecular flexibility index (Phi) is 3.42. The van der Waals surface area contributed by atoms with Crippen LogP contribution in [0.3, 0.4) is 0 Å². The number of fused-ring (bicyclic) bond motifs is 1. The van der Waals surface area contributed by atoms with Crippen LogP contribution in [0.1, 0.15) is 0 Å². The van der Waals surface area contributed by atoms with E-state index in [0.29, 0.717) is 22.9 Å². The maximum Gasteiger partial charge on any atom is 0.178 e. The van der Waals surface area contributed by atoms with E-state index in [-0.39, 0.29) is 5.82 Å². The van der Waals surface area contributed by atoms with Crippen molar-refractivity contribution in [3.63, 3.8) is 0 Å². The molecular weight excluding hydrogens is 307 g/mol. The number of rotatable bonds is 3. The van der Waals surface area contributed by atoms with Crippen LogP contribution in [-0.4, -0.2) is 27.0 Å². The second-order valence-electron chi connectivity index (χ2n) is 5.23. The smallest absolute Gasteiger partial charge is 0.178 e. The summed E-state index contributed by atoms with van der Waals surface area (Å²) >= 11 is 0. The number of pyridine rings is 2. The summed E-state index contributed by atoms with van der Waals surface area (Å²) in [5, 5.41) is 0. The highest BCUT2D eigenvalue weighted by molar-refractivity contribution is 5.91. The van der Waals surface area contributed by atoms with Crippen molar-refractivity contribution in [2.24, 2.45) is 0 Å². The Balaban J connectivity index is 1.88. The number of nitrogens with zero attached hydrogens (tertiary/aromatic N) is 3. The molecule has 0 aliphatic heterocycles. The lowest BCUT2D eigenvalue weighted by molar-refractivity contribution is 0.414. The maximum absolute atomic E-state index is 13.5. The molecule has 6 heteroatoms. The Morgan fingerprint density at radius 1 is 1.04 bits per heavy atom. The van der Waals surface area contributed by atoms with Gasteiger partial charge in [-0.1, -0.05) is 12.1 Å². The molecule has 24 heavy (non-hydrogen) atoms. The lowest BCUT2D eigenvalue weighted by Crippen LogP contribution is -1.88. The molecule has 0 aliphatic carbocycles. The van der Waals surface area contributed by atoms with Crippen molar-refractivity contribution in [3.05, 3.63) is 60.7 Å². The first-order valence-corrected chi connectivity index (χ1v) is 7.35. The van der Waals surface area contributed by atoms with E-state index >= 15 is 0 Å². The molecule has 0 atom stereocenters. The topological polar surface area (TPSA) is 63.7 Å². The number of hydrogen-bond acceptors (Lipinski definition) is 4. The number of benzene rings is 1. The van der Waals surface area contributed by atoms with E-state index in [9.17, 15) is 4.39 Å². The van der Waals surface area contributed by atoms with E-state index in [1.54, 1.807) is 37.7 Å².